The van der Waals surface area contributed by atoms with Crippen LogP contribution in [-0.2, 0) is 18.4 Å². The number of hydrogen-bond acceptors (Lipinski definition) is 6. The Morgan fingerprint density at radius 2 is 1.97 bits per heavy atom. The quantitative estimate of drug-likeness (QED) is 0.364. The lowest BCUT2D eigenvalue weighted by Gasteiger charge is -2.31. The van der Waals surface area contributed by atoms with Gasteiger partial charge < -0.3 is 9.67 Å². The van der Waals surface area contributed by atoms with Crippen molar-refractivity contribution in [2.45, 2.75) is 51.4 Å². The SMILES string of the molecule is CC(C)n1cnc2c(-c3cnn(C)c3)nc(C3CCN(Cc4cccs4)CC3)cc21.O=C(O)C(F)(F)F. The average molecular weight is 535 g/mol. The fourth-order valence-electron chi connectivity index (χ4n) is 4.43. The number of likely N-dealkylation sites (tertiary alicyclic amines) is 1. The van der Waals surface area contributed by atoms with E-state index in [4.69, 9.17) is 19.9 Å². The van der Waals surface area contributed by atoms with Crippen molar-refractivity contribution in [3.8, 4) is 11.3 Å². The number of hydrogen-bond donors (Lipinski definition) is 1. The Morgan fingerprint density at radius 1 is 1.27 bits per heavy atom. The summed E-state index contributed by atoms with van der Waals surface area (Å²) in [5.41, 5.74) is 5.33. The van der Waals surface area contributed by atoms with Crippen LogP contribution in [0.5, 0.6) is 0 Å². The molecule has 0 saturated carbocycles. The zero-order valence-corrected chi connectivity index (χ0v) is 21.6. The molecular formula is C25H29F3N6O2S. The molecule has 0 unspecified atom stereocenters. The molecule has 0 aliphatic carbocycles. The van der Waals surface area contributed by atoms with Gasteiger partial charge in [-0.3, -0.25) is 9.58 Å². The van der Waals surface area contributed by atoms with E-state index in [1.165, 1.54) is 16.1 Å². The summed E-state index contributed by atoms with van der Waals surface area (Å²) in [5.74, 6) is -2.27. The fourth-order valence-corrected chi connectivity index (χ4v) is 5.17. The summed E-state index contributed by atoms with van der Waals surface area (Å²) in [6, 6.07) is 7.02. The van der Waals surface area contributed by atoms with Crippen molar-refractivity contribution in [1.82, 2.24) is 29.2 Å². The topological polar surface area (TPSA) is 89.1 Å². The van der Waals surface area contributed by atoms with E-state index in [0.717, 1.165) is 49.2 Å². The summed E-state index contributed by atoms with van der Waals surface area (Å²) in [6.07, 6.45) is 3.08. The molecule has 37 heavy (non-hydrogen) atoms. The van der Waals surface area contributed by atoms with Gasteiger partial charge in [0.25, 0.3) is 0 Å². The first-order chi connectivity index (χ1) is 17.5. The number of carboxylic acids is 1. The van der Waals surface area contributed by atoms with E-state index in [2.05, 4.69) is 52.0 Å². The first-order valence-electron chi connectivity index (χ1n) is 11.9. The number of aromatic nitrogens is 5. The number of carboxylic acid groups (broad SMARTS) is 1. The first kappa shape index (κ1) is 26.8. The molecule has 8 nitrogen and oxygen atoms in total. The van der Waals surface area contributed by atoms with Gasteiger partial charge in [-0.2, -0.15) is 18.3 Å². The maximum Gasteiger partial charge on any atom is 0.490 e. The molecule has 5 heterocycles. The summed E-state index contributed by atoms with van der Waals surface area (Å²) < 4.78 is 35.8. The molecule has 1 fully saturated rings. The van der Waals surface area contributed by atoms with E-state index in [-0.39, 0.29) is 0 Å². The number of pyridine rings is 1. The third-order valence-electron chi connectivity index (χ3n) is 6.32. The van der Waals surface area contributed by atoms with Crippen molar-refractivity contribution < 1.29 is 23.1 Å². The molecule has 4 aromatic rings. The predicted octanol–water partition coefficient (Wildman–Crippen LogP) is 5.49. The molecule has 1 N–H and O–H groups in total. The van der Waals surface area contributed by atoms with Crippen molar-refractivity contribution in [3.63, 3.8) is 0 Å². The number of aryl methyl sites for hydroxylation is 1. The zero-order valence-electron chi connectivity index (χ0n) is 20.8. The molecule has 1 aliphatic heterocycles. The Balaban J connectivity index is 0.000000405. The Labute approximate surface area is 216 Å². The van der Waals surface area contributed by atoms with E-state index < -0.39 is 12.1 Å². The Bertz CT molecular complexity index is 1340. The van der Waals surface area contributed by atoms with E-state index in [9.17, 15) is 13.2 Å². The van der Waals surface area contributed by atoms with Crippen LogP contribution in [0.15, 0.2) is 42.3 Å². The van der Waals surface area contributed by atoms with Crippen LogP contribution in [-0.4, -0.2) is 59.6 Å². The number of carbonyl (C=O) groups is 1. The minimum atomic E-state index is -5.08. The third-order valence-corrected chi connectivity index (χ3v) is 7.19. The minimum absolute atomic E-state index is 0.361. The maximum atomic E-state index is 10.6. The van der Waals surface area contributed by atoms with Crippen molar-refractivity contribution in [2.24, 2.45) is 7.05 Å². The Morgan fingerprint density at radius 3 is 2.51 bits per heavy atom. The maximum absolute atomic E-state index is 10.6. The van der Waals surface area contributed by atoms with Crippen LogP contribution in [0.1, 0.15) is 49.2 Å². The fraction of sp³-hybridized carbons (Fsp3) is 0.440. The molecule has 1 aliphatic rings. The highest BCUT2D eigenvalue weighted by Gasteiger charge is 2.38. The minimum Gasteiger partial charge on any atom is -0.475 e. The smallest absolute Gasteiger partial charge is 0.475 e. The zero-order chi connectivity index (χ0) is 26.7. The Kier molecular flexibility index (Phi) is 7.98. The van der Waals surface area contributed by atoms with E-state index >= 15 is 0 Å². The molecule has 198 valence electrons. The van der Waals surface area contributed by atoms with Crippen LogP contribution >= 0.6 is 11.3 Å². The van der Waals surface area contributed by atoms with Gasteiger partial charge in [-0.25, -0.2) is 14.8 Å². The molecule has 5 rings (SSSR count). The van der Waals surface area contributed by atoms with Gasteiger partial charge in [-0.05, 0) is 57.3 Å². The van der Waals surface area contributed by atoms with Crippen LogP contribution in [0.4, 0.5) is 13.2 Å². The van der Waals surface area contributed by atoms with Gasteiger partial charge in [0.15, 0.2) is 0 Å². The van der Waals surface area contributed by atoms with Crippen molar-refractivity contribution in [2.75, 3.05) is 13.1 Å². The van der Waals surface area contributed by atoms with Gasteiger partial charge >= 0.3 is 12.1 Å². The van der Waals surface area contributed by atoms with E-state index in [1.54, 1.807) is 0 Å². The van der Waals surface area contributed by atoms with Crippen LogP contribution in [0.3, 0.4) is 0 Å². The molecule has 4 aromatic heterocycles. The molecule has 0 atom stereocenters. The summed E-state index contributed by atoms with van der Waals surface area (Å²) in [6.45, 7) is 7.71. The lowest BCUT2D eigenvalue weighted by atomic mass is 9.92. The van der Waals surface area contributed by atoms with Gasteiger partial charge in [-0.15, -0.1) is 11.3 Å². The van der Waals surface area contributed by atoms with E-state index in [0.29, 0.717) is 12.0 Å². The first-order valence-corrected chi connectivity index (χ1v) is 12.8. The highest BCUT2D eigenvalue weighted by molar-refractivity contribution is 7.09. The third kappa shape index (κ3) is 6.37. The highest BCUT2D eigenvalue weighted by Crippen LogP contribution is 2.34. The molecular weight excluding hydrogens is 505 g/mol. The van der Waals surface area contributed by atoms with Crippen molar-refractivity contribution in [3.05, 3.63) is 52.9 Å². The number of piperidine rings is 1. The predicted molar refractivity (Wildman–Crippen MR) is 135 cm³/mol. The van der Waals surface area contributed by atoms with Crippen molar-refractivity contribution >= 4 is 28.3 Å². The molecule has 0 radical (unpaired) electrons. The highest BCUT2D eigenvalue weighted by atomic mass is 32.1. The number of aliphatic carboxylic acids is 1. The Hall–Kier alpha value is -3.25. The molecule has 1 saturated heterocycles. The van der Waals surface area contributed by atoms with Gasteiger partial charge in [-0.1, -0.05) is 6.07 Å². The van der Waals surface area contributed by atoms with E-state index in [1.807, 2.05) is 41.8 Å². The number of thiophene rings is 1. The number of imidazole rings is 1. The summed E-state index contributed by atoms with van der Waals surface area (Å²) >= 11 is 1.85. The second kappa shape index (κ2) is 11.0. The summed E-state index contributed by atoms with van der Waals surface area (Å²) in [7, 11) is 1.95. The average Bonchev–Trinajstić information content (AvgIpc) is 3.60. The van der Waals surface area contributed by atoms with Gasteiger partial charge in [0.1, 0.15) is 11.2 Å². The number of nitrogens with zero attached hydrogens (tertiary/aromatic N) is 6. The second-order valence-electron chi connectivity index (χ2n) is 9.34. The number of alkyl halides is 3. The number of halogens is 3. The lowest BCUT2D eigenvalue weighted by Crippen LogP contribution is -2.32. The molecule has 0 spiro atoms. The lowest BCUT2D eigenvalue weighted by molar-refractivity contribution is -0.192. The molecule has 12 heteroatoms. The van der Waals surface area contributed by atoms with Gasteiger partial charge in [0.2, 0.25) is 0 Å². The van der Waals surface area contributed by atoms with Crippen LogP contribution in [0, 0.1) is 0 Å². The van der Waals surface area contributed by atoms with Crippen LogP contribution < -0.4 is 0 Å². The van der Waals surface area contributed by atoms with Crippen LogP contribution in [0.25, 0.3) is 22.3 Å². The standard InChI is InChI=1S/C23H28N6S.C2HF3O2/c1-16(2)29-15-24-23-21(29)11-20(26-22(23)18-12-25-27(3)13-18)17-6-8-28(9-7-17)14-19-5-4-10-30-19;3-2(4,5)1(6)7/h4-5,10-13,15-17H,6-9,14H2,1-3H3;(H,6,7). The second-order valence-corrected chi connectivity index (χ2v) is 10.4. The summed E-state index contributed by atoms with van der Waals surface area (Å²) in [4.78, 5) is 22.8. The molecule has 0 aromatic carbocycles. The van der Waals surface area contributed by atoms with Gasteiger partial charge in [0, 0.05) is 47.9 Å². The number of rotatable bonds is 5. The van der Waals surface area contributed by atoms with Gasteiger partial charge in [0.05, 0.1) is 18.0 Å². The largest absolute Gasteiger partial charge is 0.490 e. The van der Waals surface area contributed by atoms with Crippen LogP contribution in [0.2, 0.25) is 0 Å². The van der Waals surface area contributed by atoms with Crippen molar-refractivity contribution in [1.29, 1.82) is 0 Å². The molecule has 0 amide bonds. The summed E-state index contributed by atoms with van der Waals surface area (Å²) in [5, 5.41) is 13.7. The molecule has 0 bridgehead atoms. The number of fused-ring (bicyclic) bond motifs is 1. The monoisotopic (exact) mass is 534 g/mol. The normalized spacial score (nSPS) is 15.2.